The zero-order chi connectivity index (χ0) is 27.9. The van der Waals surface area contributed by atoms with E-state index in [1.165, 1.54) is 18.1 Å². The highest BCUT2D eigenvalue weighted by molar-refractivity contribution is 7.92. The van der Waals surface area contributed by atoms with Crippen molar-refractivity contribution in [3.8, 4) is 5.75 Å². The highest BCUT2D eigenvalue weighted by atomic mass is 35.5. The van der Waals surface area contributed by atoms with Crippen molar-refractivity contribution >= 4 is 39.1 Å². The van der Waals surface area contributed by atoms with E-state index in [2.05, 4.69) is 5.32 Å². The van der Waals surface area contributed by atoms with Gasteiger partial charge in [-0.25, -0.2) is 8.42 Å². The van der Waals surface area contributed by atoms with E-state index >= 15 is 0 Å². The first kappa shape index (κ1) is 29.8. The van der Waals surface area contributed by atoms with Gasteiger partial charge in [0, 0.05) is 17.6 Å². The lowest BCUT2D eigenvalue weighted by Crippen LogP contribution is -2.54. The molecule has 0 heterocycles. The Kier molecular flexibility index (Phi) is 10.4. The fourth-order valence-electron chi connectivity index (χ4n) is 4.92. The minimum Gasteiger partial charge on any atom is -0.495 e. The van der Waals surface area contributed by atoms with Gasteiger partial charge in [0.05, 0.1) is 19.1 Å². The van der Waals surface area contributed by atoms with Crippen LogP contribution in [0.15, 0.2) is 42.5 Å². The lowest BCUT2D eigenvalue weighted by Gasteiger charge is -2.34. The zero-order valence-electron chi connectivity index (χ0n) is 22.6. The molecule has 1 atom stereocenters. The Hall–Kier alpha value is -2.78. The molecular weight excluding hydrogens is 526 g/mol. The van der Waals surface area contributed by atoms with Gasteiger partial charge in [-0.1, -0.05) is 67.6 Å². The second-order valence-electron chi connectivity index (χ2n) is 9.86. The molecule has 3 rings (SSSR count). The Morgan fingerprint density at radius 2 is 1.84 bits per heavy atom. The van der Waals surface area contributed by atoms with Crippen molar-refractivity contribution in [2.24, 2.45) is 0 Å². The predicted octanol–water partition coefficient (Wildman–Crippen LogP) is 4.68. The highest BCUT2D eigenvalue weighted by Gasteiger charge is 2.33. The Bertz CT molecular complexity index is 1230. The Morgan fingerprint density at radius 3 is 2.45 bits per heavy atom. The van der Waals surface area contributed by atoms with Crippen molar-refractivity contribution < 1.29 is 22.7 Å². The van der Waals surface area contributed by atoms with Crippen LogP contribution < -0.4 is 14.4 Å². The number of hydrogen-bond donors (Lipinski definition) is 1. The Balaban J connectivity index is 1.96. The van der Waals surface area contributed by atoms with E-state index in [4.69, 9.17) is 16.3 Å². The van der Waals surface area contributed by atoms with Crippen LogP contribution in [0.1, 0.15) is 56.6 Å². The molecule has 1 fully saturated rings. The number of aryl methyl sites for hydroxylation is 1. The molecule has 0 aromatic heterocycles. The summed E-state index contributed by atoms with van der Waals surface area (Å²) < 4.78 is 32.1. The smallest absolute Gasteiger partial charge is 0.244 e. The number of ether oxygens (including phenoxy) is 1. The quantitative estimate of drug-likeness (QED) is 0.428. The molecule has 0 saturated heterocycles. The van der Waals surface area contributed by atoms with Gasteiger partial charge in [-0.05, 0) is 49.9 Å². The van der Waals surface area contributed by atoms with E-state index in [0.29, 0.717) is 11.4 Å². The van der Waals surface area contributed by atoms with Crippen LogP contribution >= 0.6 is 11.6 Å². The Labute approximate surface area is 231 Å². The second-order valence-corrected chi connectivity index (χ2v) is 12.2. The molecule has 1 aliphatic carbocycles. The zero-order valence-corrected chi connectivity index (χ0v) is 24.1. The maximum absolute atomic E-state index is 13.9. The van der Waals surface area contributed by atoms with Crippen LogP contribution in [-0.2, 0) is 26.2 Å². The summed E-state index contributed by atoms with van der Waals surface area (Å²) in [6.45, 7) is 3.48. The summed E-state index contributed by atoms with van der Waals surface area (Å²) >= 11 is 6.17. The number of carbonyl (C=O) groups is 2. The lowest BCUT2D eigenvalue weighted by molar-refractivity contribution is -0.140. The number of methoxy groups -OCH3 is 1. The molecule has 1 aliphatic rings. The van der Waals surface area contributed by atoms with Gasteiger partial charge in [-0.2, -0.15) is 0 Å². The molecule has 2 aromatic carbocycles. The van der Waals surface area contributed by atoms with Crippen molar-refractivity contribution in [3.05, 3.63) is 58.6 Å². The second kappa shape index (κ2) is 13.3. The molecule has 0 bridgehead atoms. The molecule has 0 spiro atoms. The van der Waals surface area contributed by atoms with Crippen LogP contribution in [0.4, 0.5) is 5.69 Å². The van der Waals surface area contributed by atoms with Gasteiger partial charge in [0.1, 0.15) is 18.3 Å². The number of nitrogens with zero attached hydrogens (tertiary/aromatic N) is 2. The number of halogens is 1. The van der Waals surface area contributed by atoms with Crippen LogP contribution in [-0.4, -0.2) is 57.1 Å². The van der Waals surface area contributed by atoms with Crippen molar-refractivity contribution in [1.82, 2.24) is 10.2 Å². The lowest BCUT2D eigenvalue weighted by atomic mass is 9.95. The maximum Gasteiger partial charge on any atom is 0.244 e. The molecular formula is C28H38ClN3O5S. The first-order valence-corrected chi connectivity index (χ1v) is 15.2. The van der Waals surface area contributed by atoms with E-state index in [1.807, 2.05) is 38.1 Å². The number of rotatable bonds is 11. The average molecular weight is 564 g/mol. The first-order chi connectivity index (χ1) is 18.0. The van der Waals surface area contributed by atoms with Crippen molar-refractivity contribution in [3.63, 3.8) is 0 Å². The fourth-order valence-corrected chi connectivity index (χ4v) is 5.94. The van der Waals surface area contributed by atoms with E-state index in [0.717, 1.165) is 53.8 Å². The fraction of sp³-hybridized carbons (Fsp3) is 0.500. The Morgan fingerprint density at radius 1 is 1.13 bits per heavy atom. The number of sulfonamides is 1. The number of carbonyl (C=O) groups excluding carboxylic acids is 2. The van der Waals surface area contributed by atoms with E-state index in [1.54, 1.807) is 12.1 Å². The molecule has 10 heteroatoms. The molecule has 0 aliphatic heterocycles. The average Bonchev–Trinajstić information content (AvgIpc) is 2.87. The van der Waals surface area contributed by atoms with Crippen molar-refractivity contribution in [2.75, 3.05) is 24.2 Å². The van der Waals surface area contributed by atoms with Gasteiger partial charge in [0.2, 0.25) is 21.8 Å². The molecule has 2 amide bonds. The standard InChI is InChI=1S/C28H38ClN3O5S/c1-5-24(28(34)30-23-12-7-6-8-13-23)31(18-21-11-9-10-20(2)16-21)27(33)19-32(38(4,35)36)25-17-22(29)14-15-26(25)37-3/h9-11,14-17,23-24H,5-8,12-13,18-19H2,1-4H3,(H,30,34)/t24-/m0/s1. The van der Waals surface area contributed by atoms with Crippen LogP contribution in [0.3, 0.4) is 0 Å². The van der Waals surface area contributed by atoms with Crippen molar-refractivity contribution in [2.45, 2.75) is 71.0 Å². The van der Waals surface area contributed by atoms with Crippen LogP contribution in [0.5, 0.6) is 5.75 Å². The number of anilines is 1. The van der Waals surface area contributed by atoms with Crippen LogP contribution in [0.25, 0.3) is 0 Å². The van der Waals surface area contributed by atoms with Gasteiger partial charge in [-0.15, -0.1) is 0 Å². The molecule has 1 N–H and O–H groups in total. The third-order valence-corrected chi connectivity index (χ3v) is 8.22. The predicted molar refractivity (Wildman–Crippen MR) is 151 cm³/mol. The van der Waals surface area contributed by atoms with Gasteiger partial charge in [-0.3, -0.25) is 13.9 Å². The molecule has 0 radical (unpaired) electrons. The molecule has 2 aromatic rings. The molecule has 1 saturated carbocycles. The minimum absolute atomic E-state index is 0.0875. The van der Waals surface area contributed by atoms with Gasteiger partial charge < -0.3 is 15.0 Å². The van der Waals surface area contributed by atoms with Gasteiger partial charge >= 0.3 is 0 Å². The summed E-state index contributed by atoms with van der Waals surface area (Å²) in [4.78, 5) is 28.9. The summed E-state index contributed by atoms with van der Waals surface area (Å²) in [5, 5.41) is 3.44. The first-order valence-electron chi connectivity index (χ1n) is 13.0. The minimum atomic E-state index is -3.90. The largest absolute Gasteiger partial charge is 0.495 e. The van der Waals surface area contributed by atoms with Crippen molar-refractivity contribution in [1.29, 1.82) is 0 Å². The van der Waals surface area contributed by atoms with Gasteiger partial charge in [0.15, 0.2) is 0 Å². The van der Waals surface area contributed by atoms with E-state index in [-0.39, 0.29) is 29.9 Å². The normalized spacial score (nSPS) is 15.0. The van der Waals surface area contributed by atoms with E-state index < -0.39 is 28.5 Å². The van der Waals surface area contributed by atoms with Gasteiger partial charge in [0.25, 0.3) is 0 Å². The monoisotopic (exact) mass is 563 g/mol. The maximum atomic E-state index is 13.9. The summed E-state index contributed by atoms with van der Waals surface area (Å²) in [6, 6.07) is 11.6. The summed E-state index contributed by atoms with van der Waals surface area (Å²) in [7, 11) is -2.49. The number of benzene rings is 2. The number of nitrogens with one attached hydrogen (secondary N) is 1. The number of hydrogen-bond acceptors (Lipinski definition) is 5. The SMILES string of the molecule is CC[C@@H](C(=O)NC1CCCCC1)N(Cc1cccc(C)c1)C(=O)CN(c1cc(Cl)ccc1OC)S(C)(=O)=O. The topological polar surface area (TPSA) is 96.0 Å². The number of amides is 2. The van der Waals surface area contributed by atoms with E-state index in [9.17, 15) is 18.0 Å². The third-order valence-electron chi connectivity index (χ3n) is 6.86. The molecule has 208 valence electrons. The summed E-state index contributed by atoms with van der Waals surface area (Å²) in [5.41, 5.74) is 2.04. The summed E-state index contributed by atoms with van der Waals surface area (Å²) in [5.74, 6) is -0.448. The van der Waals surface area contributed by atoms with Crippen LogP contribution in [0.2, 0.25) is 5.02 Å². The molecule has 38 heavy (non-hydrogen) atoms. The van der Waals surface area contributed by atoms with Crippen LogP contribution in [0, 0.1) is 6.92 Å². The summed E-state index contributed by atoms with van der Waals surface area (Å²) in [6.07, 6.45) is 6.55. The third kappa shape index (κ3) is 7.86. The molecule has 8 nitrogen and oxygen atoms in total. The molecule has 0 unspecified atom stereocenters. The highest BCUT2D eigenvalue weighted by Crippen LogP contribution is 2.33.